The second kappa shape index (κ2) is 9.57. The predicted molar refractivity (Wildman–Crippen MR) is 110 cm³/mol. The molecule has 0 aliphatic carbocycles. The van der Waals surface area contributed by atoms with E-state index in [1.807, 2.05) is 61.5 Å². The molecular weight excluding hydrogens is 352 g/mol. The van der Waals surface area contributed by atoms with Crippen molar-refractivity contribution in [3.8, 4) is 11.4 Å². The Kier molecular flexibility index (Phi) is 6.64. The van der Waals surface area contributed by atoms with Gasteiger partial charge >= 0.3 is 0 Å². The number of nitrogens with one attached hydrogen (secondary N) is 2. The average molecular weight is 376 g/mol. The van der Waals surface area contributed by atoms with Crippen LogP contribution >= 0.6 is 0 Å². The SMILES string of the molecule is CN(C)CCNC(=O)c1cc(NCc2ccncc2)nc(-c2ccccc2)n1. The van der Waals surface area contributed by atoms with Gasteiger partial charge in [0, 0.05) is 43.7 Å². The second-order valence-corrected chi connectivity index (χ2v) is 6.60. The van der Waals surface area contributed by atoms with Gasteiger partial charge in [0.2, 0.25) is 0 Å². The molecule has 3 aromatic rings. The Hall–Kier alpha value is -3.32. The van der Waals surface area contributed by atoms with Crippen molar-refractivity contribution in [2.45, 2.75) is 6.54 Å². The van der Waals surface area contributed by atoms with Gasteiger partial charge in [-0.25, -0.2) is 9.97 Å². The van der Waals surface area contributed by atoms with Crippen LogP contribution in [0.5, 0.6) is 0 Å². The number of amides is 1. The number of carbonyl (C=O) groups excluding carboxylic acids is 1. The van der Waals surface area contributed by atoms with E-state index < -0.39 is 0 Å². The molecule has 28 heavy (non-hydrogen) atoms. The Morgan fingerprint density at radius 2 is 1.79 bits per heavy atom. The van der Waals surface area contributed by atoms with Gasteiger partial charge in [0.15, 0.2) is 5.82 Å². The van der Waals surface area contributed by atoms with Gasteiger partial charge < -0.3 is 15.5 Å². The number of rotatable bonds is 8. The molecule has 2 heterocycles. The molecule has 0 unspecified atom stereocenters. The van der Waals surface area contributed by atoms with Crippen LogP contribution in [0.1, 0.15) is 16.1 Å². The lowest BCUT2D eigenvalue weighted by Crippen LogP contribution is -2.32. The number of nitrogens with zero attached hydrogens (tertiary/aromatic N) is 4. The highest BCUT2D eigenvalue weighted by molar-refractivity contribution is 5.93. The van der Waals surface area contributed by atoms with E-state index in [4.69, 9.17) is 0 Å². The first-order valence-corrected chi connectivity index (χ1v) is 9.12. The van der Waals surface area contributed by atoms with Crippen LogP contribution in [0.2, 0.25) is 0 Å². The van der Waals surface area contributed by atoms with Gasteiger partial charge in [-0.05, 0) is 31.8 Å². The van der Waals surface area contributed by atoms with E-state index in [1.165, 1.54) is 0 Å². The zero-order valence-corrected chi connectivity index (χ0v) is 16.1. The molecule has 1 amide bonds. The predicted octanol–water partition coefficient (Wildman–Crippen LogP) is 2.44. The van der Waals surface area contributed by atoms with Gasteiger partial charge in [-0.15, -0.1) is 0 Å². The molecular formula is C21H24N6O. The molecule has 0 saturated carbocycles. The minimum Gasteiger partial charge on any atom is -0.366 e. The maximum atomic E-state index is 12.6. The van der Waals surface area contributed by atoms with Crippen molar-refractivity contribution in [2.75, 3.05) is 32.5 Å². The highest BCUT2D eigenvalue weighted by atomic mass is 16.1. The summed E-state index contributed by atoms with van der Waals surface area (Å²) in [5, 5.41) is 6.18. The summed E-state index contributed by atoms with van der Waals surface area (Å²) in [6.07, 6.45) is 3.49. The Morgan fingerprint density at radius 3 is 2.50 bits per heavy atom. The van der Waals surface area contributed by atoms with Gasteiger partial charge in [-0.3, -0.25) is 9.78 Å². The van der Waals surface area contributed by atoms with Crippen LogP contribution in [0.4, 0.5) is 5.82 Å². The molecule has 0 aliphatic rings. The van der Waals surface area contributed by atoms with E-state index in [-0.39, 0.29) is 5.91 Å². The Morgan fingerprint density at radius 1 is 1.04 bits per heavy atom. The quantitative estimate of drug-likeness (QED) is 0.628. The molecule has 1 aromatic carbocycles. The van der Waals surface area contributed by atoms with E-state index in [0.29, 0.717) is 30.4 Å². The van der Waals surface area contributed by atoms with Crippen LogP contribution in [-0.2, 0) is 6.54 Å². The van der Waals surface area contributed by atoms with Crippen molar-refractivity contribution in [3.63, 3.8) is 0 Å². The molecule has 3 rings (SSSR count). The lowest BCUT2D eigenvalue weighted by atomic mass is 10.2. The van der Waals surface area contributed by atoms with Crippen molar-refractivity contribution in [1.82, 2.24) is 25.2 Å². The number of anilines is 1. The lowest BCUT2D eigenvalue weighted by Gasteiger charge is -2.12. The van der Waals surface area contributed by atoms with E-state index in [1.54, 1.807) is 18.5 Å². The minimum atomic E-state index is -0.214. The molecule has 7 heteroatoms. The van der Waals surface area contributed by atoms with Crippen LogP contribution < -0.4 is 10.6 Å². The molecule has 7 nitrogen and oxygen atoms in total. The van der Waals surface area contributed by atoms with Gasteiger partial charge in [-0.2, -0.15) is 0 Å². The second-order valence-electron chi connectivity index (χ2n) is 6.60. The lowest BCUT2D eigenvalue weighted by molar-refractivity contribution is 0.0946. The van der Waals surface area contributed by atoms with E-state index in [9.17, 15) is 4.79 Å². The zero-order chi connectivity index (χ0) is 19.8. The highest BCUT2D eigenvalue weighted by Gasteiger charge is 2.13. The van der Waals surface area contributed by atoms with Crippen molar-refractivity contribution >= 4 is 11.7 Å². The third-order valence-electron chi connectivity index (χ3n) is 4.06. The number of pyridine rings is 1. The minimum absolute atomic E-state index is 0.214. The fraction of sp³-hybridized carbons (Fsp3) is 0.238. The van der Waals surface area contributed by atoms with Crippen LogP contribution in [0.3, 0.4) is 0 Å². The van der Waals surface area contributed by atoms with E-state index in [0.717, 1.165) is 17.7 Å². The van der Waals surface area contributed by atoms with Crippen LogP contribution in [-0.4, -0.2) is 52.9 Å². The molecule has 2 aromatic heterocycles. The standard InChI is InChI=1S/C21H24N6O/c1-27(2)13-12-23-21(28)18-14-19(24-15-16-8-10-22-11-9-16)26-20(25-18)17-6-4-3-5-7-17/h3-11,14H,12-13,15H2,1-2H3,(H,23,28)(H,24,25,26). The van der Waals surface area contributed by atoms with E-state index in [2.05, 4.69) is 25.6 Å². The molecule has 0 radical (unpaired) electrons. The summed E-state index contributed by atoms with van der Waals surface area (Å²) in [4.78, 5) is 27.7. The number of carbonyl (C=O) groups is 1. The summed E-state index contributed by atoms with van der Waals surface area (Å²) in [5.74, 6) is 0.898. The number of hydrogen-bond donors (Lipinski definition) is 2. The summed E-state index contributed by atoms with van der Waals surface area (Å²) >= 11 is 0. The number of aromatic nitrogens is 3. The van der Waals surface area contributed by atoms with Crippen LogP contribution in [0, 0.1) is 0 Å². The summed E-state index contributed by atoms with van der Waals surface area (Å²) in [5.41, 5.74) is 2.27. The molecule has 2 N–H and O–H groups in total. The molecule has 0 fully saturated rings. The Balaban J connectivity index is 1.82. The average Bonchev–Trinajstić information content (AvgIpc) is 2.73. The smallest absolute Gasteiger partial charge is 0.270 e. The topological polar surface area (TPSA) is 83.0 Å². The molecule has 0 spiro atoms. The normalized spacial score (nSPS) is 10.7. The zero-order valence-electron chi connectivity index (χ0n) is 16.1. The maximum absolute atomic E-state index is 12.6. The molecule has 144 valence electrons. The van der Waals surface area contributed by atoms with Gasteiger partial charge in [0.25, 0.3) is 5.91 Å². The highest BCUT2D eigenvalue weighted by Crippen LogP contribution is 2.18. The first-order valence-electron chi connectivity index (χ1n) is 9.12. The van der Waals surface area contributed by atoms with Gasteiger partial charge in [0.05, 0.1) is 0 Å². The first-order chi connectivity index (χ1) is 13.6. The largest absolute Gasteiger partial charge is 0.366 e. The summed E-state index contributed by atoms with van der Waals surface area (Å²) in [6, 6.07) is 15.2. The monoisotopic (exact) mass is 376 g/mol. The maximum Gasteiger partial charge on any atom is 0.270 e. The molecule has 0 saturated heterocycles. The number of likely N-dealkylation sites (N-methyl/N-ethyl adjacent to an activating group) is 1. The summed E-state index contributed by atoms with van der Waals surface area (Å²) in [7, 11) is 3.93. The number of benzene rings is 1. The fourth-order valence-electron chi connectivity index (χ4n) is 2.55. The van der Waals surface area contributed by atoms with Crippen LogP contribution in [0.25, 0.3) is 11.4 Å². The Labute approximate surface area is 164 Å². The third-order valence-corrected chi connectivity index (χ3v) is 4.06. The number of hydrogen-bond acceptors (Lipinski definition) is 6. The van der Waals surface area contributed by atoms with Gasteiger partial charge in [-0.1, -0.05) is 30.3 Å². The summed E-state index contributed by atoms with van der Waals surface area (Å²) < 4.78 is 0. The fourth-order valence-corrected chi connectivity index (χ4v) is 2.55. The van der Waals surface area contributed by atoms with Gasteiger partial charge in [0.1, 0.15) is 11.5 Å². The molecule has 0 aliphatic heterocycles. The molecule has 0 bridgehead atoms. The van der Waals surface area contributed by atoms with Crippen molar-refractivity contribution in [2.24, 2.45) is 0 Å². The molecule has 0 atom stereocenters. The van der Waals surface area contributed by atoms with Crippen molar-refractivity contribution < 1.29 is 4.79 Å². The Bertz CT molecular complexity index is 899. The summed E-state index contributed by atoms with van der Waals surface area (Å²) in [6.45, 7) is 1.89. The first kappa shape index (κ1) is 19.4. The van der Waals surface area contributed by atoms with Crippen molar-refractivity contribution in [3.05, 3.63) is 72.2 Å². The third kappa shape index (κ3) is 5.59. The van der Waals surface area contributed by atoms with Crippen molar-refractivity contribution in [1.29, 1.82) is 0 Å². The van der Waals surface area contributed by atoms with E-state index >= 15 is 0 Å². The van der Waals surface area contributed by atoms with Crippen LogP contribution in [0.15, 0.2) is 60.9 Å².